The summed E-state index contributed by atoms with van der Waals surface area (Å²) >= 11 is 5.82. The van der Waals surface area contributed by atoms with E-state index < -0.39 is 0 Å². The average molecular weight is 207 g/mol. The first-order chi connectivity index (χ1) is 6.84. The third-order valence-corrected chi connectivity index (χ3v) is 1.67. The molecule has 1 aromatic rings. The number of rotatable bonds is 2. The first kappa shape index (κ1) is 10.4. The Balaban J connectivity index is 2.59. The zero-order valence-corrected chi connectivity index (χ0v) is 8.07. The molecular weight excluding hydrogens is 200 g/mol. The van der Waals surface area contributed by atoms with Crippen LogP contribution < -0.4 is 0 Å². The molecule has 5 heteroatoms. The fourth-order valence-corrected chi connectivity index (χ4v) is 0.943. The van der Waals surface area contributed by atoms with Crippen LogP contribution in [0.25, 0.3) is 10.4 Å². The number of nitrogens with zero attached hydrogens (tertiary/aromatic N) is 4. The monoisotopic (exact) mass is 206 g/mol. The van der Waals surface area contributed by atoms with Crippen LogP contribution >= 0.6 is 11.6 Å². The number of halogens is 1. The summed E-state index contributed by atoms with van der Waals surface area (Å²) < 4.78 is 0. The summed E-state index contributed by atoms with van der Waals surface area (Å²) in [6.45, 7) is 0.369. The zero-order valence-electron chi connectivity index (χ0n) is 7.31. The van der Waals surface area contributed by atoms with Gasteiger partial charge in [0.2, 0.25) is 0 Å². The quantitative estimate of drug-likeness (QED) is 0.241. The SMILES string of the molecule is [N-]=[N+]=NCCC#Cc1ncccc1Cl. The van der Waals surface area contributed by atoms with Crippen LogP contribution in [0.1, 0.15) is 12.1 Å². The lowest BCUT2D eigenvalue weighted by molar-refractivity contribution is 1.01. The van der Waals surface area contributed by atoms with Crippen LogP contribution in [0.2, 0.25) is 5.02 Å². The highest BCUT2D eigenvalue weighted by Crippen LogP contribution is 2.09. The summed E-state index contributed by atoms with van der Waals surface area (Å²) in [5.74, 6) is 5.61. The number of pyridine rings is 1. The third-order valence-electron chi connectivity index (χ3n) is 1.37. The van der Waals surface area contributed by atoms with Crippen molar-refractivity contribution in [3.05, 3.63) is 39.5 Å². The first-order valence-electron chi connectivity index (χ1n) is 3.95. The average Bonchev–Trinajstić information content (AvgIpc) is 2.20. The molecule has 0 aliphatic carbocycles. The molecule has 14 heavy (non-hydrogen) atoms. The van der Waals surface area contributed by atoms with E-state index in [9.17, 15) is 0 Å². The summed E-state index contributed by atoms with van der Waals surface area (Å²) in [6, 6.07) is 3.47. The Hall–Kier alpha value is -1.69. The maximum atomic E-state index is 8.00. The molecule has 0 aromatic carbocycles. The molecule has 0 fully saturated rings. The second-order valence-corrected chi connectivity index (χ2v) is 2.75. The van der Waals surface area contributed by atoms with Crippen molar-refractivity contribution in [1.29, 1.82) is 0 Å². The van der Waals surface area contributed by atoms with Crippen molar-refractivity contribution in [2.75, 3.05) is 6.54 Å². The number of hydrogen-bond donors (Lipinski definition) is 0. The van der Waals surface area contributed by atoms with E-state index in [1.165, 1.54) is 0 Å². The molecule has 0 bridgehead atoms. The van der Waals surface area contributed by atoms with Gasteiger partial charge in [-0.25, -0.2) is 4.98 Å². The minimum absolute atomic E-state index is 0.369. The van der Waals surface area contributed by atoms with Gasteiger partial charge in [-0.1, -0.05) is 22.6 Å². The summed E-state index contributed by atoms with van der Waals surface area (Å²) in [7, 11) is 0. The molecule has 70 valence electrons. The molecule has 0 amide bonds. The van der Waals surface area contributed by atoms with Crippen molar-refractivity contribution in [2.24, 2.45) is 5.11 Å². The molecule has 0 saturated heterocycles. The first-order valence-corrected chi connectivity index (χ1v) is 4.32. The lowest BCUT2D eigenvalue weighted by Crippen LogP contribution is -1.82. The second-order valence-electron chi connectivity index (χ2n) is 2.34. The van der Waals surface area contributed by atoms with Gasteiger partial charge in [-0.3, -0.25) is 0 Å². The Morgan fingerprint density at radius 1 is 1.64 bits per heavy atom. The van der Waals surface area contributed by atoms with E-state index in [1.807, 2.05) is 0 Å². The molecule has 0 aliphatic rings. The van der Waals surface area contributed by atoms with E-state index in [1.54, 1.807) is 18.3 Å². The van der Waals surface area contributed by atoms with Crippen LogP contribution in [0.3, 0.4) is 0 Å². The summed E-state index contributed by atoms with van der Waals surface area (Å²) in [4.78, 5) is 6.60. The topological polar surface area (TPSA) is 61.7 Å². The van der Waals surface area contributed by atoms with Crippen LogP contribution in [-0.2, 0) is 0 Å². The largest absolute Gasteiger partial charge is 0.246 e. The van der Waals surface area contributed by atoms with E-state index in [2.05, 4.69) is 26.9 Å². The molecule has 1 rings (SSSR count). The number of hydrogen-bond acceptors (Lipinski definition) is 2. The maximum absolute atomic E-state index is 8.00. The molecule has 0 radical (unpaired) electrons. The predicted octanol–water partition coefficient (Wildman–Crippen LogP) is 2.79. The Labute approximate surface area is 86.5 Å². The molecule has 1 aromatic heterocycles. The van der Waals surface area contributed by atoms with Crippen LogP contribution in [0.5, 0.6) is 0 Å². The summed E-state index contributed by atoms with van der Waals surface area (Å²) in [5, 5.41) is 3.88. The Kier molecular flexibility index (Phi) is 4.36. The van der Waals surface area contributed by atoms with Crippen molar-refractivity contribution >= 4 is 11.6 Å². The summed E-state index contributed by atoms with van der Waals surface area (Å²) in [6.07, 6.45) is 2.14. The van der Waals surface area contributed by atoms with Crippen molar-refractivity contribution in [2.45, 2.75) is 6.42 Å². The highest BCUT2D eigenvalue weighted by Gasteiger charge is 1.93. The number of aromatic nitrogens is 1. The highest BCUT2D eigenvalue weighted by molar-refractivity contribution is 6.31. The van der Waals surface area contributed by atoms with Gasteiger partial charge in [-0.2, -0.15) is 0 Å². The van der Waals surface area contributed by atoms with Gasteiger partial charge in [0, 0.05) is 24.1 Å². The van der Waals surface area contributed by atoms with Crippen LogP contribution in [0.4, 0.5) is 0 Å². The Bertz CT molecular complexity index is 412. The molecular formula is C9H7ClN4. The molecule has 0 aliphatic heterocycles. The molecule has 0 spiro atoms. The third kappa shape index (κ3) is 3.36. The lowest BCUT2D eigenvalue weighted by atomic mass is 10.3. The molecule has 4 nitrogen and oxygen atoms in total. The summed E-state index contributed by atoms with van der Waals surface area (Å²) in [5.41, 5.74) is 8.55. The standard InChI is InChI=1S/C9H7ClN4/c10-8-4-3-6-12-9(8)5-1-2-7-13-14-11/h3-4,6H,2,7H2. The molecule has 0 unspecified atom stereocenters. The van der Waals surface area contributed by atoms with Gasteiger partial charge < -0.3 is 0 Å². The number of azide groups is 1. The highest BCUT2D eigenvalue weighted by atomic mass is 35.5. The lowest BCUT2D eigenvalue weighted by Gasteiger charge is -1.91. The Morgan fingerprint density at radius 3 is 3.21 bits per heavy atom. The molecule has 0 saturated carbocycles. The van der Waals surface area contributed by atoms with Gasteiger partial charge >= 0.3 is 0 Å². The van der Waals surface area contributed by atoms with Crippen LogP contribution in [0.15, 0.2) is 23.4 Å². The van der Waals surface area contributed by atoms with Gasteiger partial charge in [0.05, 0.1) is 5.02 Å². The van der Waals surface area contributed by atoms with Gasteiger partial charge in [-0.05, 0) is 23.6 Å². The van der Waals surface area contributed by atoms with E-state index in [0.717, 1.165) is 0 Å². The van der Waals surface area contributed by atoms with Crippen LogP contribution in [-0.4, -0.2) is 11.5 Å². The molecule has 0 N–H and O–H groups in total. The van der Waals surface area contributed by atoms with E-state index in [-0.39, 0.29) is 0 Å². The van der Waals surface area contributed by atoms with E-state index in [4.69, 9.17) is 17.1 Å². The smallest absolute Gasteiger partial charge is 0.131 e. The molecule has 0 atom stereocenters. The van der Waals surface area contributed by atoms with Gasteiger partial charge in [0.15, 0.2) is 0 Å². The second kappa shape index (κ2) is 5.87. The normalized spacial score (nSPS) is 8.36. The van der Waals surface area contributed by atoms with Crippen molar-refractivity contribution in [3.63, 3.8) is 0 Å². The molecule has 1 heterocycles. The van der Waals surface area contributed by atoms with Gasteiger partial charge in [0.1, 0.15) is 5.69 Å². The fraction of sp³-hybridized carbons (Fsp3) is 0.222. The minimum Gasteiger partial charge on any atom is -0.246 e. The zero-order chi connectivity index (χ0) is 10.2. The van der Waals surface area contributed by atoms with E-state index in [0.29, 0.717) is 23.7 Å². The van der Waals surface area contributed by atoms with Crippen molar-refractivity contribution in [1.82, 2.24) is 4.98 Å². The maximum Gasteiger partial charge on any atom is 0.131 e. The van der Waals surface area contributed by atoms with Crippen molar-refractivity contribution < 1.29 is 0 Å². The Morgan fingerprint density at radius 2 is 2.50 bits per heavy atom. The van der Waals surface area contributed by atoms with Crippen LogP contribution in [0, 0.1) is 11.8 Å². The van der Waals surface area contributed by atoms with Gasteiger partial charge in [-0.15, -0.1) is 0 Å². The minimum atomic E-state index is 0.369. The van der Waals surface area contributed by atoms with E-state index >= 15 is 0 Å². The predicted molar refractivity (Wildman–Crippen MR) is 54.8 cm³/mol. The fourth-order valence-electron chi connectivity index (χ4n) is 0.775. The van der Waals surface area contributed by atoms with Crippen molar-refractivity contribution in [3.8, 4) is 11.8 Å². The van der Waals surface area contributed by atoms with Gasteiger partial charge in [0.25, 0.3) is 0 Å².